The summed E-state index contributed by atoms with van der Waals surface area (Å²) in [4.78, 5) is 10.8. The molecule has 0 amide bonds. The molecule has 118 valence electrons. The van der Waals surface area contributed by atoms with Gasteiger partial charge < -0.3 is 9.52 Å². The van der Waals surface area contributed by atoms with Crippen molar-refractivity contribution >= 4 is 31.9 Å². The molecule has 0 aliphatic carbocycles. The van der Waals surface area contributed by atoms with Crippen LogP contribution in [0.3, 0.4) is 0 Å². The zero-order valence-corrected chi connectivity index (χ0v) is 14.3. The third-order valence-corrected chi connectivity index (χ3v) is 7.09. The Morgan fingerprint density at radius 3 is 2.52 bits per heavy atom. The van der Waals surface area contributed by atoms with Gasteiger partial charge in [0.1, 0.15) is 4.90 Å². The van der Waals surface area contributed by atoms with Crippen LogP contribution < -0.4 is 0 Å². The van der Waals surface area contributed by atoms with Crippen molar-refractivity contribution in [2.24, 2.45) is 5.41 Å². The van der Waals surface area contributed by atoms with Gasteiger partial charge in [0.05, 0.1) is 0 Å². The molecule has 2 heterocycles. The van der Waals surface area contributed by atoms with E-state index in [-0.39, 0.29) is 15.0 Å². The Morgan fingerprint density at radius 2 is 2.10 bits per heavy atom. The fraction of sp³-hybridized carbons (Fsp3) is 0.615. The van der Waals surface area contributed by atoms with Gasteiger partial charge in [-0.25, -0.2) is 13.2 Å². The van der Waals surface area contributed by atoms with Crippen molar-refractivity contribution in [2.75, 3.05) is 13.1 Å². The van der Waals surface area contributed by atoms with E-state index in [1.807, 2.05) is 0 Å². The van der Waals surface area contributed by atoms with E-state index in [1.54, 1.807) is 0 Å². The Labute approximate surface area is 132 Å². The summed E-state index contributed by atoms with van der Waals surface area (Å²) < 4.78 is 31.6. The lowest BCUT2D eigenvalue weighted by Crippen LogP contribution is -2.31. The minimum atomic E-state index is -3.74. The summed E-state index contributed by atoms with van der Waals surface area (Å²) in [6.45, 7) is 5.04. The Balaban J connectivity index is 2.34. The van der Waals surface area contributed by atoms with Gasteiger partial charge in [0.25, 0.3) is 0 Å². The summed E-state index contributed by atoms with van der Waals surface area (Å²) in [5, 5.41) is 8.89. The highest BCUT2D eigenvalue weighted by atomic mass is 79.9. The summed E-state index contributed by atoms with van der Waals surface area (Å²) in [5.74, 6) is -1.69. The van der Waals surface area contributed by atoms with Crippen LogP contribution in [0.15, 0.2) is 20.0 Å². The van der Waals surface area contributed by atoms with Gasteiger partial charge in [-0.1, -0.05) is 13.8 Å². The van der Waals surface area contributed by atoms with E-state index < -0.39 is 21.8 Å². The monoisotopic (exact) mass is 379 g/mol. The first kappa shape index (κ1) is 16.5. The second-order valence-electron chi connectivity index (χ2n) is 5.35. The number of aromatic carboxylic acids is 1. The van der Waals surface area contributed by atoms with E-state index in [2.05, 4.69) is 29.8 Å². The molecular formula is C13H18BrNO5S. The Hall–Kier alpha value is -0.860. The van der Waals surface area contributed by atoms with Crippen LogP contribution in [0.25, 0.3) is 0 Å². The number of hydrogen-bond acceptors (Lipinski definition) is 4. The van der Waals surface area contributed by atoms with Gasteiger partial charge in [0, 0.05) is 19.2 Å². The van der Waals surface area contributed by atoms with Crippen molar-refractivity contribution in [3.05, 3.63) is 16.5 Å². The average molecular weight is 380 g/mol. The number of halogens is 1. The molecule has 1 aromatic rings. The first-order valence-electron chi connectivity index (χ1n) is 6.78. The molecule has 6 nitrogen and oxygen atoms in total. The number of sulfonamides is 1. The predicted octanol–water partition coefficient (Wildman–Crippen LogP) is 2.94. The van der Waals surface area contributed by atoms with Gasteiger partial charge in [-0.15, -0.1) is 0 Å². The summed E-state index contributed by atoms with van der Waals surface area (Å²) in [6.07, 6.45) is 2.66. The van der Waals surface area contributed by atoms with Crippen LogP contribution in [-0.4, -0.2) is 36.9 Å². The number of carboxylic acid groups (broad SMARTS) is 1. The number of rotatable bonds is 5. The van der Waals surface area contributed by atoms with E-state index in [9.17, 15) is 13.2 Å². The van der Waals surface area contributed by atoms with E-state index in [0.29, 0.717) is 13.1 Å². The summed E-state index contributed by atoms with van der Waals surface area (Å²) >= 11 is 3.00. The molecule has 21 heavy (non-hydrogen) atoms. The molecule has 2 rings (SSSR count). The molecule has 1 aromatic heterocycles. The third kappa shape index (κ3) is 2.89. The van der Waals surface area contributed by atoms with Crippen LogP contribution in [0.4, 0.5) is 0 Å². The zero-order chi connectivity index (χ0) is 15.8. The number of nitrogens with zero attached hydrogens (tertiary/aromatic N) is 1. The van der Waals surface area contributed by atoms with Crippen molar-refractivity contribution in [3.8, 4) is 0 Å². The van der Waals surface area contributed by atoms with Gasteiger partial charge in [-0.3, -0.25) is 0 Å². The van der Waals surface area contributed by atoms with Crippen LogP contribution >= 0.6 is 15.9 Å². The Kier molecular flexibility index (Phi) is 4.51. The van der Waals surface area contributed by atoms with Crippen molar-refractivity contribution < 1.29 is 22.7 Å². The molecule has 1 fully saturated rings. The van der Waals surface area contributed by atoms with Gasteiger partial charge in [-0.2, -0.15) is 4.31 Å². The first-order chi connectivity index (χ1) is 9.75. The van der Waals surface area contributed by atoms with E-state index in [0.717, 1.165) is 25.3 Å². The lowest BCUT2D eigenvalue weighted by atomic mass is 9.82. The maximum atomic E-state index is 12.7. The molecule has 0 radical (unpaired) electrons. The van der Waals surface area contributed by atoms with Gasteiger partial charge >= 0.3 is 5.97 Å². The van der Waals surface area contributed by atoms with E-state index in [1.165, 1.54) is 4.31 Å². The maximum Gasteiger partial charge on any atom is 0.371 e. The van der Waals surface area contributed by atoms with Crippen LogP contribution in [0.1, 0.15) is 43.7 Å². The van der Waals surface area contributed by atoms with E-state index in [4.69, 9.17) is 9.52 Å². The minimum Gasteiger partial charge on any atom is -0.475 e. The molecule has 0 atom stereocenters. The fourth-order valence-electron chi connectivity index (χ4n) is 2.70. The molecule has 0 spiro atoms. The molecule has 1 aliphatic rings. The predicted molar refractivity (Wildman–Crippen MR) is 79.8 cm³/mol. The van der Waals surface area contributed by atoms with Crippen molar-refractivity contribution in [2.45, 2.75) is 38.0 Å². The van der Waals surface area contributed by atoms with Crippen LogP contribution in [0.2, 0.25) is 0 Å². The topological polar surface area (TPSA) is 87.8 Å². The van der Waals surface area contributed by atoms with Crippen molar-refractivity contribution in [3.63, 3.8) is 0 Å². The molecule has 1 aliphatic heterocycles. The normalized spacial score (nSPS) is 19.0. The highest BCUT2D eigenvalue weighted by Gasteiger charge is 2.42. The molecule has 8 heteroatoms. The van der Waals surface area contributed by atoms with Gasteiger partial charge in [-0.05, 0) is 40.6 Å². The Bertz CT molecular complexity index is 648. The minimum absolute atomic E-state index is 0.0128. The molecular weight excluding hydrogens is 362 g/mol. The molecule has 0 unspecified atom stereocenters. The maximum absolute atomic E-state index is 12.7. The summed E-state index contributed by atoms with van der Waals surface area (Å²) in [7, 11) is -3.74. The zero-order valence-electron chi connectivity index (χ0n) is 11.9. The SMILES string of the molecule is CCC1(CC)CCN(S(=O)(=O)c2cc(C(=O)O)oc2Br)C1. The molecule has 0 bridgehead atoms. The number of hydrogen-bond donors (Lipinski definition) is 1. The summed E-state index contributed by atoms with van der Waals surface area (Å²) in [6, 6.07) is 1.06. The van der Waals surface area contributed by atoms with Crippen molar-refractivity contribution in [1.29, 1.82) is 0 Å². The molecule has 0 saturated carbocycles. The average Bonchev–Trinajstić information content (AvgIpc) is 3.03. The lowest BCUT2D eigenvalue weighted by molar-refractivity contribution is 0.0661. The smallest absolute Gasteiger partial charge is 0.371 e. The van der Waals surface area contributed by atoms with E-state index >= 15 is 0 Å². The fourth-order valence-corrected chi connectivity index (χ4v) is 5.16. The highest BCUT2D eigenvalue weighted by molar-refractivity contribution is 9.10. The Morgan fingerprint density at radius 1 is 1.48 bits per heavy atom. The number of carbonyl (C=O) groups is 1. The lowest BCUT2D eigenvalue weighted by Gasteiger charge is -2.26. The van der Waals surface area contributed by atoms with Crippen LogP contribution in [-0.2, 0) is 10.0 Å². The van der Waals surface area contributed by atoms with Gasteiger partial charge in [0.15, 0.2) is 4.67 Å². The van der Waals surface area contributed by atoms with Crippen LogP contribution in [0.5, 0.6) is 0 Å². The molecule has 1 N–H and O–H groups in total. The first-order valence-corrected chi connectivity index (χ1v) is 9.02. The summed E-state index contributed by atoms with van der Waals surface area (Å²) in [5.41, 5.74) is 0.0128. The standard InChI is InChI=1S/C13H18BrNO5S/c1-3-13(4-2)5-6-15(8-13)21(18,19)10-7-9(12(16)17)20-11(10)14/h7H,3-6,8H2,1-2H3,(H,16,17). The highest BCUT2D eigenvalue weighted by Crippen LogP contribution is 2.40. The van der Waals surface area contributed by atoms with Crippen LogP contribution in [0, 0.1) is 5.41 Å². The largest absolute Gasteiger partial charge is 0.475 e. The second-order valence-corrected chi connectivity index (χ2v) is 7.98. The third-order valence-electron chi connectivity index (χ3n) is 4.39. The quantitative estimate of drug-likeness (QED) is 0.849. The molecule has 1 saturated heterocycles. The molecule has 0 aromatic carbocycles. The second kappa shape index (κ2) is 5.73. The van der Waals surface area contributed by atoms with Crippen molar-refractivity contribution in [1.82, 2.24) is 4.31 Å². The number of furan rings is 1. The number of carboxylic acids is 1. The van der Waals surface area contributed by atoms with Gasteiger partial charge in [0.2, 0.25) is 15.8 Å².